The van der Waals surface area contributed by atoms with Crippen molar-refractivity contribution in [2.24, 2.45) is 0 Å². The number of rotatable bonds is 3. The summed E-state index contributed by atoms with van der Waals surface area (Å²) in [5.74, 6) is 0.122. The summed E-state index contributed by atoms with van der Waals surface area (Å²) in [6, 6.07) is 7.76. The Morgan fingerprint density at radius 2 is 2.05 bits per heavy atom. The van der Waals surface area contributed by atoms with Gasteiger partial charge in [-0.1, -0.05) is 6.07 Å². The molecular weight excluding hydrogens is 256 g/mol. The standard InChI is InChI=1S/C15H18N2O3/c18-11-12-1-2-14-13(9-12)3-4-17(14)10-15(19)16-5-7-20-8-6-16/h1-4,9,18H,5-8,10-11H2. The summed E-state index contributed by atoms with van der Waals surface area (Å²) in [5, 5.41) is 10.2. The summed E-state index contributed by atoms with van der Waals surface area (Å²) in [6.45, 7) is 2.98. The van der Waals surface area contributed by atoms with E-state index in [4.69, 9.17) is 9.84 Å². The third kappa shape index (κ3) is 2.55. The van der Waals surface area contributed by atoms with Crippen LogP contribution in [0.25, 0.3) is 10.9 Å². The van der Waals surface area contributed by atoms with Crippen LogP contribution in [-0.4, -0.2) is 46.8 Å². The molecule has 0 atom stereocenters. The third-order valence-corrected chi connectivity index (χ3v) is 3.69. The number of hydrogen-bond acceptors (Lipinski definition) is 3. The van der Waals surface area contributed by atoms with E-state index in [1.807, 2.05) is 39.9 Å². The second-order valence-electron chi connectivity index (χ2n) is 4.99. The first-order valence-corrected chi connectivity index (χ1v) is 6.82. The lowest BCUT2D eigenvalue weighted by atomic mass is 10.2. The first-order chi connectivity index (χ1) is 9.78. The van der Waals surface area contributed by atoms with Gasteiger partial charge in [-0.3, -0.25) is 4.79 Å². The van der Waals surface area contributed by atoms with Gasteiger partial charge in [0.2, 0.25) is 5.91 Å². The Morgan fingerprint density at radius 1 is 1.25 bits per heavy atom. The maximum absolute atomic E-state index is 12.2. The molecule has 1 amide bonds. The number of aliphatic hydroxyl groups is 1. The molecule has 5 heteroatoms. The van der Waals surface area contributed by atoms with Gasteiger partial charge >= 0.3 is 0 Å². The first kappa shape index (κ1) is 13.1. The normalized spacial score (nSPS) is 15.8. The van der Waals surface area contributed by atoms with Gasteiger partial charge < -0.3 is 19.3 Å². The number of carbonyl (C=O) groups excluding carboxylic acids is 1. The van der Waals surface area contributed by atoms with E-state index >= 15 is 0 Å². The molecule has 0 aliphatic carbocycles. The van der Waals surface area contributed by atoms with Crippen LogP contribution in [0, 0.1) is 0 Å². The summed E-state index contributed by atoms with van der Waals surface area (Å²) >= 11 is 0. The van der Waals surface area contributed by atoms with Crippen LogP contribution < -0.4 is 0 Å². The Balaban J connectivity index is 1.78. The minimum Gasteiger partial charge on any atom is -0.392 e. The Hall–Kier alpha value is -1.85. The Morgan fingerprint density at radius 3 is 2.80 bits per heavy atom. The quantitative estimate of drug-likeness (QED) is 0.908. The van der Waals surface area contributed by atoms with Crippen molar-refractivity contribution < 1.29 is 14.6 Å². The third-order valence-electron chi connectivity index (χ3n) is 3.69. The highest BCUT2D eigenvalue weighted by atomic mass is 16.5. The van der Waals surface area contributed by atoms with Crippen molar-refractivity contribution in [1.29, 1.82) is 0 Å². The highest BCUT2D eigenvalue weighted by Gasteiger charge is 2.17. The first-order valence-electron chi connectivity index (χ1n) is 6.82. The average molecular weight is 274 g/mol. The highest BCUT2D eigenvalue weighted by molar-refractivity contribution is 5.84. The predicted molar refractivity (Wildman–Crippen MR) is 75.3 cm³/mol. The zero-order valence-electron chi connectivity index (χ0n) is 11.3. The molecule has 1 aliphatic heterocycles. The molecule has 0 radical (unpaired) electrons. The Labute approximate surface area is 117 Å². The molecule has 106 valence electrons. The van der Waals surface area contributed by atoms with E-state index in [0.29, 0.717) is 32.8 Å². The summed E-state index contributed by atoms with van der Waals surface area (Å²) in [6.07, 6.45) is 1.92. The fraction of sp³-hybridized carbons (Fsp3) is 0.400. The van der Waals surface area contributed by atoms with Crippen molar-refractivity contribution in [1.82, 2.24) is 9.47 Å². The molecule has 2 aromatic rings. The number of carbonyl (C=O) groups is 1. The van der Waals surface area contributed by atoms with Crippen molar-refractivity contribution >= 4 is 16.8 Å². The second kappa shape index (κ2) is 5.64. The molecular formula is C15H18N2O3. The van der Waals surface area contributed by atoms with Crippen LogP contribution in [0.1, 0.15) is 5.56 Å². The maximum Gasteiger partial charge on any atom is 0.242 e. The van der Waals surface area contributed by atoms with E-state index < -0.39 is 0 Å². The van der Waals surface area contributed by atoms with Gasteiger partial charge in [0.05, 0.1) is 19.8 Å². The Bertz CT molecular complexity index is 615. The zero-order valence-corrected chi connectivity index (χ0v) is 11.3. The van der Waals surface area contributed by atoms with Crippen LogP contribution in [0.3, 0.4) is 0 Å². The van der Waals surface area contributed by atoms with Crippen LogP contribution in [0.2, 0.25) is 0 Å². The second-order valence-corrected chi connectivity index (χ2v) is 4.99. The number of ether oxygens (including phenoxy) is 1. The van der Waals surface area contributed by atoms with Gasteiger partial charge in [0.15, 0.2) is 0 Å². The van der Waals surface area contributed by atoms with Crippen molar-refractivity contribution in [3.63, 3.8) is 0 Å². The van der Waals surface area contributed by atoms with Crippen molar-refractivity contribution in [3.05, 3.63) is 36.0 Å². The molecule has 0 spiro atoms. The SMILES string of the molecule is O=C(Cn1ccc2cc(CO)ccc21)N1CCOCC1. The number of aromatic nitrogens is 1. The summed E-state index contributed by atoms with van der Waals surface area (Å²) in [7, 11) is 0. The molecule has 0 bridgehead atoms. The van der Waals surface area contributed by atoms with E-state index in [1.54, 1.807) is 0 Å². The van der Waals surface area contributed by atoms with Crippen LogP contribution in [-0.2, 0) is 22.7 Å². The van der Waals surface area contributed by atoms with Gasteiger partial charge in [-0.05, 0) is 29.1 Å². The van der Waals surface area contributed by atoms with E-state index in [-0.39, 0.29) is 12.5 Å². The van der Waals surface area contributed by atoms with Crippen LogP contribution >= 0.6 is 0 Å². The molecule has 1 aliphatic rings. The number of benzene rings is 1. The minimum atomic E-state index is 0.0355. The van der Waals surface area contributed by atoms with Gasteiger partial charge in [0.1, 0.15) is 6.54 Å². The van der Waals surface area contributed by atoms with Crippen molar-refractivity contribution in [2.75, 3.05) is 26.3 Å². The highest BCUT2D eigenvalue weighted by Crippen LogP contribution is 2.18. The van der Waals surface area contributed by atoms with Gasteiger partial charge in [0.25, 0.3) is 0 Å². The lowest BCUT2D eigenvalue weighted by Gasteiger charge is -2.27. The predicted octanol–water partition coefficient (Wildman–Crippen LogP) is 0.992. The summed E-state index contributed by atoms with van der Waals surface area (Å²) in [4.78, 5) is 14.1. The number of amides is 1. The number of morpholine rings is 1. The van der Waals surface area contributed by atoms with Crippen LogP contribution in [0.4, 0.5) is 0 Å². The number of hydrogen-bond donors (Lipinski definition) is 1. The van der Waals surface area contributed by atoms with E-state index in [9.17, 15) is 4.79 Å². The molecule has 1 N–H and O–H groups in total. The van der Waals surface area contributed by atoms with Crippen molar-refractivity contribution in [3.8, 4) is 0 Å². The lowest BCUT2D eigenvalue weighted by molar-refractivity contribution is -0.135. The maximum atomic E-state index is 12.2. The van der Waals surface area contributed by atoms with E-state index in [0.717, 1.165) is 16.5 Å². The van der Waals surface area contributed by atoms with Crippen LogP contribution in [0.5, 0.6) is 0 Å². The van der Waals surface area contributed by atoms with Gasteiger partial charge in [0, 0.05) is 24.8 Å². The average Bonchev–Trinajstić information content (AvgIpc) is 2.90. The lowest BCUT2D eigenvalue weighted by Crippen LogP contribution is -2.42. The fourth-order valence-electron chi connectivity index (χ4n) is 2.54. The van der Waals surface area contributed by atoms with Gasteiger partial charge in [-0.2, -0.15) is 0 Å². The molecule has 0 unspecified atom stereocenters. The molecule has 1 fully saturated rings. The fourth-order valence-corrected chi connectivity index (χ4v) is 2.54. The number of fused-ring (bicyclic) bond motifs is 1. The molecule has 2 heterocycles. The van der Waals surface area contributed by atoms with E-state index in [2.05, 4.69) is 0 Å². The zero-order chi connectivity index (χ0) is 13.9. The monoisotopic (exact) mass is 274 g/mol. The molecule has 1 aromatic carbocycles. The molecule has 5 nitrogen and oxygen atoms in total. The minimum absolute atomic E-state index is 0.0355. The number of aliphatic hydroxyl groups excluding tert-OH is 1. The van der Waals surface area contributed by atoms with Crippen molar-refractivity contribution in [2.45, 2.75) is 13.2 Å². The van der Waals surface area contributed by atoms with Gasteiger partial charge in [-0.15, -0.1) is 0 Å². The molecule has 3 rings (SSSR count). The Kier molecular flexibility index (Phi) is 3.71. The summed E-state index contributed by atoms with van der Waals surface area (Å²) in [5.41, 5.74) is 1.90. The largest absolute Gasteiger partial charge is 0.392 e. The molecule has 1 saturated heterocycles. The smallest absolute Gasteiger partial charge is 0.242 e. The van der Waals surface area contributed by atoms with Gasteiger partial charge in [-0.25, -0.2) is 0 Å². The summed E-state index contributed by atoms with van der Waals surface area (Å²) < 4.78 is 7.21. The van der Waals surface area contributed by atoms with E-state index in [1.165, 1.54) is 0 Å². The molecule has 1 aromatic heterocycles. The van der Waals surface area contributed by atoms with Crippen LogP contribution in [0.15, 0.2) is 30.5 Å². The molecule has 0 saturated carbocycles. The number of nitrogens with zero attached hydrogens (tertiary/aromatic N) is 2. The topological polar surface area (TPSA) is 54.7 Å². The molecule has 20 heavy (non-hydrogen) atoms.